The first-order valence-corrected chi connectivity index (χ1v) is 15.7. The van der Waals surface area contributed by atoms with Crippen LogP contribution >= 0.6 is 11.8 Å². The number of amides is 1. The minimum Gasteiger partial charge on any atom is -0.618 e. The Morgan fingerprint density at radius 3 is 2.49 bits per heavy atom. The van der Waals surface area contributed by atoms with Crippen molar-refractivity contribution in [2.45, 2.75) is 43.1 Å². The van der Waals surface area contributed by atoms with Crippen molar-refractivity contribution in [3.8, 4) is 11.1 Å². The predicted molar refractivity (Wildman–Crippen MR) is 172 cm³/mol. The third kappa shape index (κ3) is 7.76. The van der Waals surface area contributed by atoms with Gasteiger partial charge in [0.2, 0.25) is 0 Å². The van der Waals surface area contributed by atoms with Gasteiger partial charge in [-0.2, -0.15) is 4.73 Å². The van der Waals surface area contributed by atoms with Crippen LogP contribution in [0.15, 0.2) is 127 Å². The molecule has 0 unspecified atom stereocenters. The highest BCUT2D eigenvalue weighted by molar-refractivity contribution is 7.99. The lowest BCUT2D eigenvalue weighted by Gasteiger charge is -2.36. The number of carbonyl (C=O) groups is 1. The lowest BCUT2D eigenvalue weighted by molar-refractivity contribution is -0.645. The number of aromatic nitrogens is 2. The van der Waals surface area contributed by atoms with Crippen molar-refractivity contribution >= 4 is 17.7 Å². The number of pyridine rings is 2. The van der Waals surface area contributed by atoms with E-state index < -0.39 is 6.29 Å². The van der Waals surface area contributed by atoms with Crippen LogP contribution in [0.25, 0.3) is 11.1 Å². The molecule has 8 nitrogen and oxygen atoms in total. The molecule has 3 atom stereocenters. The van der Waals surface area contributed by atoms with E-state index in [1.807, 2.05) is 78.9 Å². The summed E-state index contributed by atoms with van der Waals surface area (Å²) in [5.74, 6) is 0.431. The average Bonchev–Trinajstić information content (AvgIpc) is 3.11. The molecule has 3 heterocycles. The summed E-state index contributed by atoms with van der Waals surface area (Å²) in [6.45, 7) is 0.386. The molecule has 1 aliphatic heterocycles. The molecule has 1 aliphatic rings. The van der Waals surface area contributed by atoms with Crippen LogP contribution in [-0.2, 0) is 22.6 Å². The number of aliphatic hydroxyl groups excluding tert-OH is 1. The van der Waals surface area contributed by atoms with E-state index in [-0.39, 0.29) is 24.7 Å². The number of hydrogen-bond acceptors (Lipinski definition) is 7. The lowest BCUT2D eigenvalue weighted by Crippen LogP contribution is -2.32. The number of thioether (sulfide) groups is 1. The highest BCUT2D eigenvalue weighted by atomic mass is 32.2. The summed E-state index contributed by atoms with van der Waals surface area (Å²) in [4.78, 5) is 16.5. The van der Waals surface area contributed by atoms with Gasteiger partial charge in [0.25, 0.3) is 10.9 Å². The van der Waals surface area contributed by atoms with E-state index in [0.717, 1.165) is 38.1 Å². The summed E-state index contributed by atoms with van der Waals surface area (Å²) in [6.07, 6.45) is 4.36. The fraction of sp³-hybridized carbons (Fsp3) is 0.194. The number of rotatable bonds is 10. The molecule has 2 N–H and O–H groups in total. The van der Waals surface area contributed by atoms with Gasteiger partial charge in [-0.05, 0) is 52.1 Å². The van der Waals surface area contributed by atoms with E-state index in [1.54, 1.807) is 30.6 Å². The van der Waals surface area contributed by atoms with Crippen molar-refractivity contribution in [2.75, 3.05) is 5.75 Å². The van der Waals surface area contributed by atoms with Gasteiger partial charge in [0.05, 0.1) is 24.4 Å². The average molecular weight is 620 g/mol. The van der Waals surface area contributed by atoms with Crippen LogP contribution < -0.4 is 10.0 Å². The summed E-state index contributed by atoms with van der Waals surface area (Å²) < 4.78 is 13.8. The summed E-state index contributed by atoms with van der Waals surface area (Å²) >= 11 is 1.47. The second-order valence-corrected chi connectivity index (χ2v) is 11.8. The van der Waals surface area contributed by atoms with Crippen molar-refractivity contribution < 1.29 is 24.1 Å². The van der Waals surface area contributed by atoms with Crippen molar-refractivity contribution in [3.05, 3.63) is 155 Å². The van der Waals surface area contributed by atoms with Crippen LogP contribution in [-0.4, -0.2) is 27.9 Å². The van der Waals surface area contributed by atoms with E-state index in [4.69, 9.17) is 9.47 Å². The smallest absolute Gasteiger partial charge is 0.253 e. The standard InChI is InChI=1S/C36H33N3O5S/c40-23-25-9-11-28(12-10-25)33-20-32(24-45-34-8-1-2-18-39(34)42)43-36(44-33)29-15-13-27(14-16-29)30-6-3-5-26(19-30)21-38-35(41)31-7-4-17-37-22-31/h1-19,22,32-33,36,40H,20-21,23-24H2,(H,38,41)/t32-,33+,36+/m0/s1. The number of carbonyl (C=O) groups excluding carboxylic acids is 1. The Morgan fingerprint density at radius 2 is 1.73 bits per heavy atom. The molecule has 45 heavy (non-hydrogen) atoms. The van der Waals surface area contributed by atoms with Gasteiger partial charge in [0, 0.05) is 48.8 Å². The van der Waals surface area contributed by atoms with Crippen LogP contribution in [0.4, 0.5) is 0 Å². The summed E-state index contributed by atoms with van der Waals surface area (Å²) in [7, 11) is 0. The van der Waals surface area contributed by atoms with Crippen LogP contribution in [0, 0.1) is 5.21 Å². The SMILES string of the molecule is O=C(NCc1cccc(-c2ccc([C@@H]3O[C@H](CSc4cccc[n+]4[O-])C[C@H](c4ccc(CO)cc4)O3)cc2)c1)c1cccnc1. The molecular formula is C36H33N3O5S. The number of ether oxygens (including phenoxy) is 2. The van der Waals surface area contributed by atoms with E-state index in [0.29, 0.717) is 29.3 Å². The first-order valence-electron chi connectivity index (χ1n) is 14.7. The first kappa shape index (κ1) is 30.5. The fourth-order valence-corrected chi connectivity index (χ4v) is 6.13. The largest absolute Gasteiger partial charge is 0.618 e. The van der Waals surface area contributed by atoms with Gasteiger partial charge in [-0.1, -0.05) is 78.5 Å². The molecule has 228 valence electrons. The van der Waals surface area contributed by atoms with E-state index >= 15 is 0 Å². The zero-order valence-corrected chi connectivity index (χ0v) is 25.3. The van der Waals surface area contributed by atoms with Gasteiger partial charge in [-0.3, -0.25) is 9.78 Å². The number of benzene rings is 3. The van der Waals surface area contributed by atoms with Crippen LogP contribution in [0.1, 0.15) is 51.4 Å². The molecule has 1 fully saturated rings. The Hall–Kier alpha value is -4.54. The van der Waals surface area contributed by atoms with E-state index in [2.05, 4.69) is 16.4 Å². The Labute approximate surface area is 266 Å². The zero-order chi connectivity index (χ0) is 31.0. The molecule has 0 saturated carbocycles. The molecule has 5 aromatic rings. The molecule has 2 aromatic heterocycles. The Bertz CT molecular complexity index is 1720. The number of hydrogen-bond donors (Lipinski definition) is 2. The van der Waals surface area contributed by atoms with Crippen LogP contribution in [0.5, 0.6) is 0 Å². The van der Waals surface area contributed by atoms with Crippen molar-refractivity contribution in [2.24, 2.45) is 0 Å². The maximum atomic E-state index is 12.5. The highest BCUT2D eigenvalue weighted by Crippen LogP contribution is 2.39. The second-order valence-electron chi connectivity index (χ2n) is 10.8. The van der Waals surface area contributed by atoms with Gasteiger partial charge in [0.1, 0.15) is 0 Å². The minimum absolute atomic E-state index is 0.0155. The van der Waals surface area contributed by atoms with Crippen molar-refractivity contribution in [3.63, 3.8) is 0 Å². The second kappa shape index (κ2) is 14.5. The highest BCUT2D eigenvalue weighted by Gasteiger charge is 2.32. The molecule has 0 radical (unpaired) electrons. The van der Waals surface area contributed by atoms with Gasteiger partial charge in [0.15, 0.2) is 12.5 Å². The molecule has 1 amide bonds. The summed E-state index contributed by atoms with van der Waals surface area (Å²) in [6, 6.07) is 32.8. The van der Waals surface area contributed by atoms with Gasteiger partial charge < -0.3 is 25.1 Å². The van der Waals surface area contributed by atoms with E-state index in [9.17, 15) is 15.1 Å². The molecule has 0 aliphatic carbocycles. The Morgan fingerprint density at radius 1 is 0.911 bits per heavy atom. The minimum atomic E-state index is -0.593. The van der Waals surface area contributed by atoms with Crippen LogP contribution in [0.2, 0.25) is 0 Å². The van der Waals surface area contributed by atoms with Crippen LogP contribution in [0.3, 0.4) is 0 Å². The van der Waals surface area contributed by atoms with Gasteiger partial charge in [-0.25, -0.2) is 0 Å². The fourth-order valence-electron chi connectivity index (χ4n) is 5.20. The summed E-state index contributed by atoms with van der Waals surface area (Å²) in [5.41, 5.74) is 6.32. The van der Waals surface area contributed by atoms with Gasteiger partial charge >= 0.3 is 0 Å². The Balaban J connectivity index is 1.16. The normalized spacial score (nSPS) is 17.9. The molecular weight excluding hydrogens is 586 g/mol. The van der Waals surface area contributed by atoms with Crippen molar-refractivity contribution in [1.29, 1.82) is 0 Å². The topological polar surface area (TPSA) is 108 Å². The molecule has 0 bridgehead atoms. The maximum absolute atomic E-state index is 12.5. The number of nitrogens with one attached hydrogen (secondary N) is 1. The molecule has 1 saturated heterocycles. The third-order valence-electron chi connectivity index (χ3n) is 7.64. The zero-order valence-electron chi connectivity index (χ0n) is 24.5. The first-order chi connectivity index (χ1) is 22.1. The number of nitrogens with zero attached hydrogens (tertiary/aromatic N) is 2. The molecule has 6 rings (SSSR count). The lowest BCUT2D eigenvalue weighted by atomic mass is 9.99. The van der Waals surface area contributed by atoms with E-state index in [1.165, 1.54) is 18.0 Å². The van der Waals surface area contributed by atoms with Gasteiger partial charge in [-0.15, -0.1) is 0 Å². The molecule has 9 heteroatoms. The third-order valence-corrected chi connectivity index (χ3v) is 8.79. The molecule has 3 aromatic carbocycles. The quantitative estimate of drug-likeness (QED) is 0.110. The summed E-state index contributed by atoms with van der Waals surface area (Å²) in [5, 5.41) is 25.3. The maximum Gasteiger partial charge on any atom is 0.253 e. The molecule has 0 spiro atoms. The predicted octanol–water partition coefficient (Wildman–Crippen LogP) is 6.14. The monoisotopic (exact) mass is 619 g/mol. The number of aliphatic hydroxyl groups is 1. The van der Waals surface area contributed by atoms with Crippen molar-refractivity contribution in [1.82, 2.24) is 10.3 Å². The Kier molecular flexibility index (Phi) is 9.82.